The lowest BCUT2D eigenvalue weighted by Crippen LogP contribution is -2.47. The first-order valence-corrected chi connectivity index (χ1v) is 11.4. The van der Waals surface area contributed by atoms with Gasteiger partial charge in [-0.05, 0) is 48.3 Å². The van der Waals surface area contributed by atoms with Crippen LogP contribution in [0, 0.1) is 0 Å². The maximum Gasteiger partial charge on any atom is 0.255 e. The molecular weight excluding hydrogens is 432 g/mol. The van der Waals surface area contributed by atoms with Gasteiger partial charge < -0.3 is 29.6 Å². The summed E-state index contributed by atoms with van der Waals surface area (Å²) in [5.74, 6) is 2.00. The van der Waals surface area contributed by atoms with Crippen molar-refractivity contribution >= 4 is 23.6 Å². The van der Waals surface area contributed by atoms with Gasteiger partial charge in [-0.3, -0.25) is 9.59 Å². The van der Waals surface area contributed by atoms with Gasteiger partial charge in [0.1, 0.15) is 11.8 Å². The molecule has 0 bridgehead atoms. The van der Waals surface area contributed by atoms with Crippen LogP contribution >= 0.6 is 11.8 Å². The van der Waals surface area contributed by atoms with Gasteiger partial charge in [0.25, 0.3) is 5.91 Å². The number of carbonyl (C=O) groups excluding carboxylic acids is 2. The fourth-order valence-electron chi connectivity index (χ4n) is 3.12. The van der Waals surface area contributed by atoms with Gasteiger partial charge in [-0.1, -0.05) is 12.1 Å². The Hall–Kier alpha value is -3.07. The zero-order chi connectivity index (χ0) is 23.5. The minimum absolute atomic E-state index is 0.232. The topological polar surface area (TPSA) is 95.1 Å². The second-order valence-corrected chi connectivity index (χ2v) is 7.74. The fourth-order valence-corrected chi connectivity index (χ4v) is 3.59. The van der Waals surface area contributed by atoms with Crippen LogP contribution in [0.1, 0.15) is 22.3 Å². The summed E-state index contributed by atoms with van der Waals surface area (Å²) in [5, 5.41) is 5.72. The maximum atomic E-state index is 12.9. The average Bonchev–Trinajstić information content (AvgIpc) is 2.83. The molecule has 0 aliphatic carbocycles. The fraction of sp³-hybridized carbons (Fsp3) is 0.391. The number of hydrogen-bond acceptors (Lipinski definition) is 7. The van der Waals surface area contributed by atoms with E-state index < -0.39 is 6.04 Å². The van der Waals surface area contributed by atoms with E-state index in [0.717, 1.165) is 5.56 Å². The minimum Gasteiger partial charge on any atom is -0.496 e. The van der Waals surface area contributed by atoms with E-state index in [1.165, 1.54) is 28.4 Å². The number of thioether (sulfide) groups is 1. The first-order chi connectivity index (χ1) is 15.5. The molecule has 2 aromatic rings. The standard InChI is InChI=1S/C23H30N2O6S/c1-28-18-9-7-6-8-16(18)22(26)25-17(10-11-32-5)23(27)24-14-15-12-19(29-2)21(31-4)20(13-15)30-3/h6-9,12-13,17H,10-11,14H2,1-5H3,(H,24,27)(H,25,26). The van der Waals surface area contributed by atoms with E-state index in [-0.39, 0.29) is 18.4 Å². The van der Waals surface area contributed by atoms with Gasteiger partial charge in [0.2, 0.25) is 11.7 Å². The van der Waals surface area contributed by atoms with Crippen molar-refractivity contribution in [3.8, 4) is 23.0 Å². The van der Waals surface area contributed by atoms with Crippen molar-refractivity contribution in [1.29, 1.82) is 0 Å². The molecule has 0 aromatic heterocycles. The Morgan fingerprint density at radius 2 is 1.56 bits per heavy atom. The van der Waals surface area contributed by atoms with Crippen molar-refractivity contribution in [3.63, 3.8) is 0 Å². The van der Waals surface area contributed by atoms with Crippen LogP contribution in [-0.2, 0) is 11.3 Å². The molecule has 1 unspecified atom stereocenters. The van der Waals surface area contributed by atoms with Crippen LogP contribution in [0.25, 0.3) is 0 Å². The van der Waals surface area contributed by atoms with Crippen LogP contribution in [0.5, 0.6) is 23.0 Å². The molecule has 0 saturated carbocycles. The van der Waals surface area contributed by atoms with Crippen molar-refractivity contribution in [1.82, 2.24) is 10.6 Å². The Balaban J connectivity index is 2.14. The number of rotatable bonds is 12. The predicted molar refractivity (Wildman–Crippen MR) is 125 cm³/mol. The number of benzene rings is 2. The Kier molecular flexibility index (Phi) is 10.0. The molecule has 1 atom stereocenters. The third kappa shape index (κ3) is 6.46. The average molecular weight is 463 g/mol. The van der Waals surface area contributed by atoms with Crippen LogP contribution in [0.3, 0.4) is 0 Å². The summed E-state index contributed by atoms with van der Waals surface area (Å²) < 4.78 is 21.3. The lowest BCUT2D eigenvalue weighted by Gasteiger charge is -2.19. The number of methoxy groups -OCH3 is 4. The van der Waals surface area contributed by atoms with Crippen LogP contribution in [0.2, 0.25) is 0 Å². The molecule has 0 aliphatic rings. The molecule has 0 heterocycles. The van der Waals surface area contributed by atoms with Crippen LogP contribution in [0.15, 0.2) is 36.4 Å². The van der Waals surface area contributed by atoms with Crippen LogP contribution in [0.4, 0.5) is 0 Å². The predicted octanol–water partition coefficient (Wildman–Crippen LogP) is 2.89. The molecule has 32 heavy (non-hydrogen) atoms. The summed E-state index contributed by atoms with van der Waals surface area (Å²) >= 11 is 1.60. The van der Waals surface area contributed by atoms with E-state index in [0.29, 0.717) is 40.7 Å². The summed E-state index contributed by atoms with van der Waals surface area (Å²) in [6, 6.07) is 9.74. The number of para-hydroxylation sites is 1. The van der Waals surface area contributed by atoms with Gasteiger partial charge in [-0.25, -0.2) is 0 Å². The van der Waals surface area contributed by atoms with Gasteiger partial charge in [0.05, 0.1) is 34.0 Å². The number of nitrogens with one attached hydrogen (secondary N) is 2. The summed E-state index contributed by atoms with van der Waals surface area (Å²) in [7, 11) is 6.10. The van der Waals surface area contributed by atoms with E-state index in [4.69, 9.17) is 18.9 Å². The second kappa shape index (κ2) is 12.7. The normalized spacial score (nSPS) is 11.3. The minimum atomic E-state index is -0.693. The maximum absolute atomic E-state index is 12.9. The number of ether oxygens (including phenoxy) is 4. The van der Waals surface area contributed by atoms with Crippen molar-refractivity contribution in [3.05, 3.63) is 47.5 Å². The highest BCUT2D eigenvalue weighted by Crippen LogP contribution is 2.38. The molecule has 0 saturated heterocycles. The highest BCUT2D eigenvalue weighted by atomic mass is 32.2. The van der Waals surface area contributed by atoms with Gasteiger partial charge in [-0.15, -0.1) is 0 Å². The molecule has 0 spiro atoms. The zero-order valence-corrected chi connectivity index (χ0v) is 19.8. The summed E-state index contributed by atoms with van der Waals surface area (Å²) in [4.78, 5) is 25.7. The second-order valence-electron chi connectivity index (χ2n) is 6.76. The molecular formula is C23H30N2O6S. The lowest BCUT2D eigenvalue weighted by atomic mass is 10.1. The van der Waals surface area contributed by atoms with E-state index in [1.54, 1.807) is 48.2 Å². The molecule has 0 fully saturated rings. The molecule has 174 valence electrons. The monoisotopic (exact) mass is 462 g/mol. The molecule has 8 nitrogen and oxygen atoms in total. The van der Waals surface area contributed by atoms with Crippen LogP contribution in [-0.4, -0.2) is 58.3 Å². The van der Waals surface area contributed by atoms with E-state index in [2.05, 4.69) is 10.6 Å². The molecule has 2 amide bonds. The van der Waals surface area contributed by atoms with Crippen molar-refractivity contribution in [2.45, 2.75) is 19.0 Å². The van der Waals surface area contributed by atoms with Crippen molar-refractivity contribution < 1.29 is 28.5 Å². The molecule has 9 heteroatoms. The summed E-state index contributed by atoms with van der Waals surface area (Å²) in [6.07, 6.45) is 2.44. The van der Waals surface area contributed by atoms with Gasteiger partial charge in [0.15, 0.2) is 11.5 Å². The highest BCUT2D eigenvalue weighted by molar-refractivity contribution is 7.98. The number of amides is 2. The largest absolute Gasteiger partial charge is 0.496 e. The summed E-state index contributed by atoms with van der Waals surface area (Å²) in [6.45, 7) is 0.232. The molecule has 0 aliphatic heterocycles. The third-order valence-corrected chi connectivity index (χ3v) is 5.42. The summed E-state index contributed by atoms with van der Waals surface area (Å²) in [5.41, 5.74) is 1.15. The number of carbonyl (C=O) groups is 2. The Morgan fingerprint density at radius 3 is 2.12 bits per heavy atom. The zero-order valence-electron chi connectivity index (χ0n) is 19.0. The van der Waals surface area contributed by atoms with Gasteiger partial charge >= 0.3 is 0 Å². The van der Waals surface area contributed by atoms with E-state index in [9.17, 15) is 9.59 Å². The Morgan fingerprint density at radius 1 is 0.938 bits per heavy atom. The quantitative estimate of drug-likeness (QED) is 0.501. The van der Waals surface area contributed by atoms with Crippen molar-refractivity contribution in [2.75, 3.05) is 40.4 Å². The Bertz CT molecular complexity index is 896. The third-order valence-electron chi connectivity index (χ3n) is 4.78. The van der Waals surface area contributed by atoms with E-state index >= 15 is 0 Å². The van der Waals surface area contributed by atoms with Crippen LogP contribution < -0.4 is 29.6 Å². The highest BCUT2D eigenvalue weighted by Gasteiger charge is 2.23. The number of hydrogen-bond donors (Lipinski definition) is 2. The molecule has 2 N–H and O–H groups in total. The first kappa shape index (κ1) is 25.2. The molecule has 0 radical (unpaired) electrons. The molecule has 2 aromatic carbocycles. The van der Waals surface area contributed by atoms with Gasteiger partial charge in [0, 0.05) is 6.54 Å². The lowest BCUT2D eigenvalue weighted by molar-refractivity contribution is -0.123. The first-order valence-electron chi connectivity index (χ1n) is 9.98. The smallest absolute Gasteiger partial charge is 0.255 e. The SMILES string of the molecule is COc1ccccc1C(=O)NC(CCSC)C(=O)NCc1cc(OC)c(OC)c(OC)c1. The van der Waals surface area contributed by atoms with Gasteiger partial charge in [-0.2, -0.15) is 11.8 Å². The van der Waals surface area contributed by atoms with Crippen molar-refractivity contribution in [2.24, 2.45) is 0 Å². The molecule has 2 rings (SSSR count). The Labute approximate surface area is 193 Å². The van der Waals surface area contributed by atoms with E-state index in [1.807, 2.05) is 6.26 Å².